The van der Waals surface area contributed by atoms with Crippen LogP contribution in [0.25, 0.3) is 6.08 Å². The number of amides is 1. The summed E-state index contributed by atoms with van der Waals surface area (Å²) in [7, 11) is 0. The Balaban J connectivity index is 2.03. The molecule has 1 heterocycles. The second kappa shape index (κ2) is 6.29. The summed E-state index contributed by atoms with van der Waals surface area (Å²) in [5.41, 5.74) is 0.308. The zero-order chi connectivity index (χ0) is 15.5. The van der Waals surface area contributed by atoms with E-state index in [9.17, 15) is 9.18 Å². The van der Waals surface area contributed by atoms with Crippen molar-refractivity contribution in [2.45, 2.75) is 45.3 Å². The maximum absolute atomic E-state index is 13.1. The predicted octanol–water partition coefficient (Wildman–Crippen LogP) is 4.24. The molecule has 1 amide bonds. The zero-order valence-electron chi connectivity index (χ0n) is 12.8. The SMILES string of the molecule is CC(C)(C)OC(=O)N1CCCC1/C=C/c1cccc(F)c1. The molecule has 0 radical (unpaired) electrons. The highest BCUT2D eigenvalue weighted by Gasteiger charge is 2.30. The van der Waals surface area contributed by atoms with E-state index in [0.717, 1.165) is 18.4 Å². The van der Waals surface area contributed by atoms with Crippen LogP contribution in [-0.2, 0) is 4.74 Å². The Kier molecular flexibility index (Phi) is 4.66. The predicted molar refractivity (Wildman–Crippen MR) is 81.4 cm³/mol. The molecule has 3 nitrogen and oxygen atoms in total. The molecule has 0 aromatic heterocycles. The second-order valence-electron chi connectivity index (χ2n) is 6.30. The Morgan fingerprint density at radius 2 is 2.19 bits per heavy atom. The van der Waals surface area contributed by atoms with Gasteiger partial charge in [0.2, 0.25) is 0 Å². The fourth-order valence-electron chi connectivity index (χ4n) is 2.37. The van der Waals surface area contributed by atoms with E-state index in [1.807, 2.05) is 39.0 Å². The third-order valence-corrected chi connectivity index (χ3v) is 3.29. The summed E-state index contributed by atoms with van der Waals surface area (Å²) >= 11 is 0. The van der Waals surface area contributed by atoms with Crippen molar-refractivity contribution in [2.24, 2.45) is 0 Å². The molecule has 1 saturated heterocycles. The van der Waals surface area contributed by atoms with Gasteiger partial charge in [0.25, 0.3) is 0 Å². The minimum absolute atomic E-state index is 0.0168. The summed E-state index contributed by atoms with van der Waals surface area (Å²) in [5.74, 6) is -0.257. The number of hydrogen-bond acceptors (Lipinski definition) is 2. The van der Waals surface area contributed by atoms with Gasteiger partial charge in [0.15, 0.2) is 0 Å². The van der Waals surface area contributed by atoms with Gasteiger partial charge in [0.05, 0.1) is 6.04 Å². The molecule has 0 aliphatic carbocycles. The van der Waals surface area contributed by atoms with Crippen molar-refractivity contribution in [1.82, 2.24) is 4.90 Å². The molecule has 1 atom stereocenters. The zero-order valence-corrected chi connectivity index (χ0v) is 12.8. The van der Waals surface area contributed by atoms with Gasteiger partial charge >= 0.3 is 6.09 Å². The van der Waals surface area contributed by atoms with Gasteiger partial charge in [-0.15, -0.1) is 0 Å². The number of hydrogen-bond donors (Lipinski definition) is 0. The maximum Gasteiger partial charge on any atom is 0.410 e. The van der Waals surface area contributed by atoms with Crippen molar-refractivity contribution in [2.75, 3.05) is 6.54 Å². The largest absolute Gasteiger partial charge is 0.444 e. The number of benzene rings is 1. The van der Waals surface area contributed by atoms with Gasteiger partial charge in [-0.2, -0.15) is 0 Å². The van der Waals surface area contributed by atoms with Gasteiger partial charge in [-0.3, -0.25) is 0 Å². The monoisotopic (exact) mass is 291 g/mol. The molecule has 21 heavy (non-hydrogen) atoms. The van der Waals surface area contributed by atoms with E-state index in [4.69, 9.17) is 4.74 Å². The number of rotatable bonds is 2. The molecule has 114 valence electrons. The molecular formula is C17H22FNO2. The van der Waals surface area contributed by atoms with Crippen molar-refractivity contribution in [3.63, 3.8) is 0 Å². The van der Waals surface area contributed by atoms with Gasteiger partial charge in [-0.1, -0.05) is 24.3 Å². The third kappa shape index (κ3) is 4.59. The van der Waals surface area contributed by atoms with Crippen LogP contribution < -0.4 is 0 Å². The van der Waals surface area contributed by atoms with Crippen LogP contribution in [0.5, 0.6) is 0 Å². The second-order valence-corrected chi connectivity index (χ2v) is 6.30. The van der Waals surface area contributed by atoms with E-state index in [2.05, 4.69) is 0 Å². The topological polar surface area (TPSA) is 29.5 Å². The minimum atomic E-state index is -0.490. The summed E-state index contributed by atoms with van der Waals surface area (Å²) in [4.78, 5) is 13.9. The van der Waals surface area contributed by atoms with Crippen LogP contribution in [-0.4, -0.2) is 29.2 Å². The molecule has 0 bridgehead atoms. The Bertz CT molecular complexity index is 534. The molecule has 1 aliphatic heterocycles. The molecule has 1 fully saturated rings. The smallest absolute Gasteiger partial charge is 0.410 e. The summed E-state index contributed by atoms with van der Waals surface area (Å²) in [6.07, 6.45) is 5.39. The van der Waals surface area contributed by atoms with E-state index in [1.54, 1.807) is 11.0 Å². The first-order valence-electron chi connectivity index (χ1n) is 7.28. The minimum Gasteiger partial charge on any atom is -0.444 e. The highest BCUT2D eigenvalue weighted by molar-refractivity contribution is 5.69. The average molecular weight is 291 g/mol. The van der Waals surface area contributed by atoms with Crippen LogP contribution >= 0.6 is 0 Å². The van der Waals surface area contributed by atoms with Crippen LogP contribution in [0.4, 0.5) is 9.18 Å². The molecule has 1 aromatic rings. The van der Waals surface area contributed by atoms with Crippen LogP contribution in [0.1, 0.15) is 39.2 Å². The molecule has 0 spiro atoms. The summed E-state index contributed by atoms with van der Waals surface area (Å²) in [5, 5.41) is 0. The Labute approximate surface area is 125 Å². The lowest BCUT2D eigenvalue weighted by molar-refractivity contribution is 0.0256. The third-order valence-electron chi connectivity index (χ3n) is 3.29. The molecule has 0 N–H and O–H groups in total. The first-order valence-corrected chi connectivity index (χ1v) is 7.28. The highest BCUT2D eigenvalue weighted by Crippen LogP contribution is 2.22. The number of carbonyl (C=O) groups excluding carboxylic acids is 1. The summed E-state index contributed by atoms with van der Waals surface area (Å²) in [6, 6.07) is 6.42. The lowest BCUT2D eigenvalue weighted by Crippen LogP contribution is -2.39. The quantitative estimate of drug-likeness (QED) is 0.815. The van der Waals surface area contributed by atoms with Crippen molar-refractivity contribution >= 4 is 12.2 Å². The molecule has 4 heteroatoms. The fourth-order valence-corrected chi connectivity index (χ4v) is 2.37. The lowest BCUT2D eigenvalue weighted by Gasteiger charge is -2.27. The van der Waals surface area contributed by atoms with Gasteiger partial charge in [-0.05, 0) is 51.3 Å². The Morgan fingerprint density at radius 3 is 2.86 bits per heavy atom. The van der Waals surface area contributed by atoms with E-state index in [1.165, 1.54) is 12.1 Å². The van der Waals surface area contributed by atoms with E-state index in [0.29, 0.717) is 6.54 Å². The fraction of sp³-hybridized carbons (Fsp3) is 0.471. The van der Waals surface area contributed by atoms with Gasteiger partial charge in [-0.25, -0.2) is 9.18 Å². The average Bonchev–Trinajstić information content (AvgIpc) is 2.83. The Morgan fingerprint density at radius 1 is 1.43 bits per heavy atom. The number of nitrogens with zero attached hydrogens (tertiary/aromatic N) is 1. The van der Waals surface area contributed by atoms with Gasteiger partial charge < -0.3 is 9.64 Å². The molecule has 1 aromatic carbocycles. The van der Waals surface area contributed by atoms with Crippen LogP contribution in [0.2, 0.25) is 0 Å². The molecular weight excluding hydrogens is 269 g/mol. The van der Waals surface area contributed by atoms with Gasteiger partial charge in [0.1, 0.15) is 11.4 Å². The first kappa shape index (κ1) is 15.5. The summed E-state index contributed by atoms with van der Waals surface area (Å²) < 4.78 is 18.6. The Hall–Kier alpha value is -1.84. The lowest BCUT2D eigenvalue weighted by atomic mass is 10.1. The standard InChI is InChI=1S/C17H22FNO2/c1-17(2,3)21-16(20)19-11-5-8-15(19)10-9-13-6-4-7-14(18)12-13/h4,6-7,9-10,12,15H,5,8,11H2,1-3H3/b10-9+. The molecule has 1 aliphatic rings. The van der Waals surface area contributed by atoms with Crippen molar-refractivity contribution in [1.29, 1.82) is 0 Å². The van der Waals surface area contributed by atoms with Crippen molar-refractivity contribution in [3.05, 3.63) is 41.7 Å². The van der Waals surface area contributed by atoms with Crippen LogP contribution in [0.3, 0.4) is 0 Å². The number of ether oxygens (including phenoxy) is 1. The normalized spacial score (nSPS) is 19.2. The van der Waals surface area contributed by atoms with Crippen molar-refractivity contribution in [3.8, 4) is 0 Å². The summed E-state index contributed by atoms with van der Waals surface area (Å²) in [6.45, 7) is 6.28. The maximum atomic E-state index is 13.1. The highest BCUT2D eigenvalue weighted by atomic mass is 19.1. The van der Waals surface area contributed by atoms with Crippen molar-refractivity contribution < 1.29 is 13.9 Å². The van der Waals surface area contributed by atoms with Crippen LogP contribution in [0.15, 0.2) is 30.3 Å². The molecule has 2 rings (SSSR count). The number of halogens is 1. The first-order chi connectivity index (χ1) is 9.85. The number of likely N-dealkylation sites (tertiary alicyclic amines) is 1. The van der Waals surface area contributed by atoms with Crippen LogP contribution in [0, 0.1) is 5.82 Å². The molecule has 0 saturated carbocycles. The van der Waals surface area contributed by atoms with E-state index in [-0.39, 0.29) is 18.0 Å². The van der Waals surface area contributed by atoms with E-state index >= 15 is 0 Å². The number of carbonyl (C=O) groups is 1. The van der Waals surface area contributed by atoms with E-state index < -0.39 is 5.60 Å². The van der Waals surface area contributed by atoms with Gasteiger partial charge in [0, 0.05) is 6.54 Å². The molecule has 1 unspecified atom stereocenters.